The van der Waals surface area contributed by atoms with Crippen LogP contribution in [0.25, 0.3) is 0 Å². The summed E-state index contributed by atoms with van der Waals surface area (Å²) in [5.41, 5.74) is 3.98. The predicted octanol–water partition coefficient (Wildman–Crippen LogP) is 3.04. The van der Waals surface area contributed by atoms with Crippen molar-refractivity contribution >= 4 is 0 Å². The summed E-state index contributed by atoms with van der Waals surface area (Å²) in [6.45, 7) is 6.12. The largest absolute Gasteiger partial charge is 0.301 e. The maximum Gasteiger partial charge on any atom is 0.0703 e. The molecule has 1 aliphatic rings. The summed E-state index contributed by atoms with van der Waals surface area (Å²) < 4.78 is 0. The average molecular weight is 228 g/mol. The Balaban J connectivity index is 2.01. The summed E-state index contributed by atoms with van der Waals surface area (Å²) in [5, 5.41) is 9.09. The number of benzene rings is 1. The van der Waals surface area contributed by atoms with Gasteiger partial charge < -0.3 is 4.90 Å². The van der Waals surface area contributed by atoms with E-state index in [0.717, 1.165) is 25.9 Å². The fourth-order valence-corrected chi connectivity index (χ4v) is 2.29. The number of aryl methyl sites for hydroxylation is 2. The highest BCUT2D eigenvalue weighted by Crippen LogP contribution is 2.45. The molecular formula is C15H20N2. The second kappa shape index (κ2) is 4.50. The van der Waals surface area contributed by atoms with Gasteiger partial charge in [0.25, 0.3) is 0 Å². The SMILES string of the molecule is Cc1ccc(C)c(CN(C)CC2(C#N)CC2)c1. The molecule has 2 nitrogen and oxygen atoms in total. The van der Waals surface area contributed by atoms with Crippen molar-refractivity contribution in [3.63, 3.8) is 0 Å². The lowest BCUT2D eigenvalue weighted by molar-refractivity contribution is 0.286. The fraction of sp³-hybridized carbons (Fsp3) is 0.533. The van der Waals surface area contributed by atoms with Crippen molar-refractivity contribution in [3.8, 4) is 6.07 Å². The standard InChI is InChI=1S/C15H20N2/c1-12-4-5-13(2)14(8-12)9-17(3)11-15(10-16)6-7-15/h4-5,8H,6-7,9,11H2,1-3H3. The van der Waals surface area contributed by atoms with E-state index in [0.29, 0.717) is 0 Å². The topological polar surface area (TPSA) is 27.0 Å². The van der Waals surface area contributed by atoms with Crippen LogP contribution in [-0.4, -0.2) is 18.5 Å². The molecule has 1 aliphatic carbocycles. The Morgan fingerprint density at radius 3 is 2.65 bits per heavy atom. The van der Waals surface area contributed by atoms with Gasteiger partial charge in [-0.05, 0) is 44.9 Å². The second-order valence-corrected chi connectivity index (χ2v) is 5.49. The lowest BCUT2D eigenvalue weighted by Gasteiger charge is -2.20. The van der Waals surface area contributed by atoms with Crippen molar-refractivity contribution < 1.29 is 0 Å². The molecule has 1 aromatic rings. The summed E-state index contributed by atoms with van der Waals surface area (Å²) in [6, 6.07) is 9.03. The molecule has 1 aromatic carbocycles. The number of nitrogens with zero attached hydrogens (tertiary/aromatic N) is 2. The average Bonchev–Trinajstić information content (AvgIpc) is 3.04. The normalized spacial score (nSPS) is 16.9. The van der Waals surface area contributed by atoms with Crippen LogP contribution in [0.5, 0.6) is 0 Å². The van der Waals surface area contributed by atoms with Gasteiger partial charge in [-0.1, -0.05) is 23.8 Å². The van der Waals surface area contributed by atoms with Crippen LogP contribution in [0.15, 0.2) is 18.2 Å². The number of nitriles is 1. The zero-order valence-corrected chi connectivity index (χ0v) is 11.0. The molecule has 0 atom stereocenters. The maximum atomic E-state index is 9.09. The van der Waals surface area contributed by atoms with E-state index in [2.05, 4.69) is 50.1 Å². The molecule has 0 N–H and O–H groups in total. The maximum absolute atomic E-state index is 9.09. The highest BCUT2D eigenvalue weighted by atomic mass is 15.1. The van der Waals surface area contributed by atoms with Gasteiger partial charge in [0.15, 0.2) is 0 Å². The van der Waals surface area contributed by atoms with Crippen LogP contribution in [0.2, 0.25) is 0 Å². The molecule has 0 radical (unpaired) electrons. The third-order valence-electron chi connectivity index (χ3n) is 3.61. The van der Waals surface area contributed by atoms with E-state index in [4.69, 9.17) is 5.26 Å². The minimum Gasteiger partial charge on any atom is -0.301 e. The van der Waals surface area contributed by atoms with Crippen molar-refractivity contribution in [2.45, 2.75) is 33.2 Å². The third-order valence-corrected chi connectivity index (χ3v) is 3.61. The Kier molecular flexibility index (Phi) is 3.22. The van der Waals surface area contributed by atoms with Crippen molar-refractivity contribution in [2.24, 2.45) is 5.41 Å². The van der Waals surface area contributed by atoms with E-state index in [1.165, 1.54) is 16.7 Å². The monoisotopic (exact) mass is 228 g/mol. The van der Waals surface area contributed by atoms with Crippen molar-refractivity contribution in [3.05, 3.63) is 34.9 Å². The first kappa shape index (κ1) is 12.1. The van der Waals surface area contributed by atoms with Gasteiger partial charge in [0.2, 0.25) is 0 Å². The Morgan fingerprint density at radius 2 is 2.06 bits per heavy atom. The molecule has 0 saturated heterocycles. The molecule has 1 fully saturated rings. The molecule has 1 saturated carbocycles. The van der Waals surface area contributed by atoms with Crippen LogP contribution in [-0.2, 0) is 6.54 Å². The molecule has 0 unspecified atom stereocenters. The van der Waals surface area contributed by atoms with Crippen LogP contribution < -0.4 is 0 Å². The number of hydrogen-bond acceptors (Lipinski definition) is 2. The van der Waals surface area contributed by atoms with Crippen LogP contribution in [0, 0.1) is 30.6 Å². The van der Waals surface area contributed by atoms with Gasteiger partial charge in [-0.3, -0.25) is 0 Å². The summed E-state index contributed by atoms with van der Waals surface area (Å²) in [5.74, 6) is 0. The van der Waals surface area contributed by atoms with E-state index in [-0.39, 0.29) is 5.41 Å². The molecule has 0 heterocycles. The zero-order chi connectivity index (χ0) is 12.5. The molecule has 90 valence electrons. The van der Waals surface area contributed by atoms with E-state index < -0.39 is 0 Å². The van der Waals surface area contributed by atoms with E-state index >= 15 is 0 Å². The van der Waals surface area contributed by atoms with Gasteiger partial charge in [0.1, 0.15) is 0 Å². The molecule has 0 aliphatic heterocycles. The van der Waals surface area contributed by atoms with Gasteiger partial charge in [-0.15, -0.1) is 0 Å². The molecule has 0 aromatic heterocycles. The smallest absolute Gasteiger partial charge is 0.0703 e. The van der Waals surface area contributed by atoms with Crippen LogP contribution in [0.3, 0.4) is 0 Å². The first-order valence-electron chi connectivity index (χ1n) is 6.21. The molecule has 2 heteroatoms. The first-order valence-corrected chi connectivity index (χ1v) is 6.21. The zero-order valence-electron chi connectivity index (χ0n) is 11.0. The quantitative estimate of drug-likeness (QED) is 0.792. The lowest BCUT2D eigenvalue weighted by Crippen LogP contribution is -2.26. The van der Waals surface area contributed by atoms with E-state index in [1.807, 2.05) is 0 Å². The van der Waals surface area contributed by atoms with Crippen molar-refractivity contribution in [2.75, 3.05) is 13.6 Å². The highest BCUT2D eigenvalue weighted by Gasteiger charge is 2.43. The van der Waals surface area contributed by atoms with E-state index in [9.17, 15) is 0 Å². The van der Waals surface area contributed by atoms with Gasteiger partial charge in [0, 0.05) is 13.1 Å². The molecule has 0 bridgehead atoms. The number of rotatable bonds is 4. The van der Waals surface area contributed by atoms with E-state index in [1.54, 1.807) is 0 Å². The van der Waals surface area contributed by atoms with Gasteiger partial charge in [-0.2, -0.15) is 5.26 Å². The fourth-order valence-electron chi connectivity index (χ4n) is 2.29. The van der Waals surface area contributed by atoms with Gasteiger partial charge in [-0.25, -0.2) is 0 Å². The second-order valence-electron chi connectivity index (χ2n) is 5.49. The third kappa shape index (κ3) is 2.87. The molecule has 0 spiro atoms. The van der Waals surface area contributed by atoms with Crippen molar-refractivity contribution in [1.82, 2.24) is 4.90 Å². The Morgan fingerprint density at radius 1 is 1.35 bits per heavy atom. The van der Waals surface area contributed by atoms with Crippen LogP contribution >= 0.6 is 0 Å². The summed E-state index contributed by atoms with van der Waals surface area (Å²) in [6.07, 6.45) is 2.14. The molecule has 0 amide bonds. The Hall–Kier alpha value is -1.33. The van der Waals surface area contributed by atoms with Crippen LogP contribution in [0.4, 0.5) is 0 Å². The molecule has 17 heavy (non-hydrogen) atoms. The highest BCUT2D eigenvalue weighted by molar-refractivity contribution is 5.30. The molecule has 2 rings (SSSR count). The van der Waals surface area contributed by atoms with Crippen molar-refractivity contribution in [1.29, 1.82) is 5.26 Å². The van der Waals surface area contributed by atoms with Crippen LogP contribution in [0.1, 0.15) is 29.5 Å². The summed E-state index contributed by atoms with van der Waals surface area (Å²) in [7, 11) is 2.11. The lowest BCUT2D eigenvalue weighted by atomic mass is 10.0. The molecular weight excluding hydrogens is 208 g/mol. The van der Waals surface area contributed by atoms with Gasteiger partial charge in [0.05, 0.1) is 11.5 Å². The minimum absolute atomic E-state index is 0.0352. The Bertz CT molecular complexity index is 452. The summed E-state index contributed by atoms with van der Waals surface area (Å²) in [4.78, 5) is 2.28. The predicted molar refractivity (Wildman–Crippen MR) is 69.5 cm³/mol. The number of hydrogen-bond donors (Lipinski definition) is 0. The Labute approximate surface area is 104 Å². The first-order chi connectivity index (χ1) is 8.04. The summed E-state index contributed by atoms with van der Waals surface area (Å²) >= 11 is 0. The van der Waals surface area contributed by atoms with Gasteiger partial charge >= 0.3 is 0 Å². The minimum atomic E-state index is -0.0352.